The minimum absolute atomic E-state index is 0.0162. The standard InChI is InChI=1S/C21H26N4O2/c1-11(2)19(22)21(27)24-20(26)13-7-15-14-5-4-6-16-18(14)12(9-23-16)8-17(15)25(3)10-13/h4-7,9,11,13,17,19,23H,8,10,22H2,1-3H3,(H,24,26,27)/t13?,17?,19-/m0/s1. The maximum absolute atomic E-state index is 12.7. The van der Waals surface area contributed by atoms with Crippen molar-refractivity contribution < 1.29 is 9.59 Å². The average molecular weight is 366 g/mol. The molecule has 1 aromatic carbocycles. The molecule has 6 nitrogen and oxygen atoms in total. The maximum Gasteiger partial charge on any atom is 0.243 e. The van der Waals surface area contributed by atoms with Gasteiger partial charge < -0.3 is 10.7 Å². The van der Waals surface area contributed by atoms with Gasteiger partial charge in [-0.15, -0.1) is 0 Å². The monoisotopic (exact) mass is 366 g/mol. The molecule has 0 saturated carbocycles. The summed E-state index contributed by atoms with van der Waals surface area (Å²) in [4.78, 5) is 30.5. The van der Waals surface area contributed by atoms with Crippen molar-refractivity contribution in [2.75, 3.05) is 13.6 Å². The van der Waals surface area contributed by atoms with Crippen LogP contribution >= 0.6 is 0 Å². The van der Waals surface area contributed by atoms with Crippen LogP contribution in [0.25, 0.3) is 16.5 Å². The number of hydrogen-bond acceptors (Lipinski definition) is 4. The van der Waals surface area contributed by atoms with E-state index in [2.05, 4.69) is 33.5 Å². The number of rotatable bonds is 3. The number of fused-ring (bicyclic) bond motifs is 2. The first kappa shape index (κ1) is 17.9. The van der Waals surface area contributed by atoms with Crippen molar-refractivity contribution in [2.24, 2.45) is 17.6 Å². The second-order valence-electron chi connectivity index (χ2n) is 8.05. The molecule has 0 bridgehead atoms. The third kappa shape index (κ3) is 2.99. The highest BCUT2D eigenvalue weighted by Gasteiger charge is 2.36. The molecule has 1 aliphatic heterocycles. The van der Waals surface area contributed by atoms with Crippen LogP contribution in [-0.2, 0) is 16.0 Å². The van der Waals surface area contributed by atoms with Gasteiger partial charge >= 0.3 is 0 Å². The Morgan fingerprint density at radius 1 is 1.33 bits per heavy atom. The fraction of sp³-hybridized carbons (Fsp3) is 0.429. The summed E-state index contributed by atoms with van der Waals surface area (Å²) in [6.07, 6.45) is 5.05. The molecule has 2 aliphatic rings. The number of nitrogens with two attached hydrogens (primary N) is 1. The van der Waals surface area contributed by atoms with E-state index in [0.717, 1.165) is 11.9 Å². The minimum Gasteiger partial charge on any atom is -0.361 e. The van der Waals surface area contributed by atoms with Crippen LogP contribution < -0.4 is 11.1 Å². The van der Waals surface area contributed by atoms with E-state index in [0.29, 0.717) is 6.54 Å². The van der Waals surface area contributed by atoms with E-state index in [4.69, 9.17) is 5.73 Å². The molecule has 27 heavy (non-hydrogen) atoms. The lowest BCUT2D eigenvalue weighted by Crippen LogP contribution is -2.51. The van der Waals surface area contributed by atoms with Gasteiger partial charge in [-0.3, -0.25) is 19.8 Å². The molecule has 0 saturated heterocycles. The number of nitrogens with one attached hydrogen (secondary N) is 2. The molecule has 1 aromatic heterocycles. The zero-order valence-corrected chi connectivity index (χ0v) is 16.0. The Hall–Kier alpha value is -2.44. The number of amides is 2. The zero-order chi connectivity index (χ0) is 19.3. The van der Waals surface area contributed by atoms with Crippen molar-refractivity contribution in [2.45, 2.75) is 32.4 Å². The molecular formula is C21H26N4O2. The quantitative estimate of drug-likeness (QED) is 0.770. The molecule has 0 radical (unpaired) electrons. The number of benzene rings is 1. The summed E-state index contributed by atoms with van der Waals surface area (Å²) in [7, 11) is 2.04. The minimum atomic E-state index is -0.679. The van der Waals surface area contributed by atoms with E-state index in [1.54, 1.807) is 0 Å². The van der Waals surface area contributed by atoms with Crippen molar-refractivity contribution in [3.63, 3.8) is 0 Å². The molecule has 2 unspecified atom stereocenters. The van der Waals surface area contributed by atoms with Gasteiger partial charge in [0.05, 0.1) is 12.0 Å². The number of H-pyrrole nitrogens is 1. The van der Waals surface area contributed by atoms with Crippen molar-refractivity contribution in [1.29, 1.82) is 0 Å². The molecule has 0 spiro atoms. The number of likely N-dealkylation sites (N-methyl/N-ethyl adjacent to an activating group) is 1. The van der Waals surface area contributed by atoms with Crippen molar-refractivity contribution >= 4 is 28.3 Å². The number of nitrogens with zero attached hydrogens (tertiary/aromatic N) is 1. The van der Waals surface area contributed by atoms with Crippen LogP contribution in [-0.4, -0.2) is 47.4 Å². The molecule has 2 heterocycles. The van der Waals surface area contributed by atoms with Crippen LogP contribution in [0.1, 0.15) is 25.0 Å². The first-order chi connectivity index (χ1) is 12.9. The Labute approximate surface area is 158 Å². The van der Waals surface area contributed by atoms with Crippen molar-refractivity contribution in [1.82, 2.24) is 15.2 Å². The van der Waals surface area contributed by atoms with E-state index in [-0.39, 0.29) is 23.8 Å². The van der Waals surface area contributed by atoms with Gasteiger partial charge in [0.2, 0.25) is 11.8 Å². The maximum atomic E-state index is 12.7. The third-order valence-corrected chi connectivity index (χ3v) is 5.87. The van der Waals surface area contributed by atoms with E-state index in [1.807, 2.05) is 33.0 Å². The van der Waals surface area contributed by atoms with Gasteiger partial charge in [-0.1, -0.05) is 32.1 Å². The van der Waals surface area contributed by atoms with Crippen LogP contribution in [0, 0.1) is 11.8 Å². The fourth-order valence-corrected chi connectivity index (χ4v) is 4.21. The number of aromatic amines is 1. The lowest BCUT2D eigenvalue weighted by atomic mass is 9.80. The lowest BCUT2D eigenvalue weighted by molar-refractivity contribution is -0.133. The molecule has 4 rings (SSSR count). The van der Waals surface area contributed by atoms with Crippen LogP contribution in [0.4, 0.5) is 0 Å². The van der Waals surface area contributed by atoms with E-state index in [9.17, 15) is 9.59 Å². The first-order valence-electron chi connectivity index (χ1n) is 9.48. The number of aromatic nitrogens is 1. The fourth-order valence-electron chi connectivity index (χ4n) is 4.21. The van der Waals surface area contributed by atoms with Gasteiger partial charge in [0.25, 0.3) is 0 Å². The molecule has 1 aliphatic carbocycles. The van der Waals surface area contributed by atoms with Crippen LogP contribution in [0.5, 0.6) is 0 Å². The highest BCUT2D eigenvalue weighted by molar-refractivity contribution is 6.02. The van der Waals surface area contributed by atoms with Crippen LogP contribution in [0.15, 0.2) is 30.5 Å². The van der Waals surface area contributed by atoms with Gasteiger partial charge in [0, 0.05) is 29.7 Å². The Balaban J connectivity index is 1.65. The Bertz CT molecular complexity index is 943. The molecule has 6 heteroatoms. The normalized spacial score (nSPS) is 23.1. The molecule has 3 atom stereocenters. The SMILES string of the molecule is CC(C)[C@H](N)C(=O)NC(=O)C1C=C2c3cccc4[nH]cc(c34)CC2N(C)C1. The predicted octanol–water partition coefficient (Wildman–Crippen LogP) is 1.66. The molecular weight excluding hydrogens is 340 g/mol. The highest BCUT2D eigenvalue weighted by atomic mass is 16.2. The van der Waals surface area contributed by atoms with Gasteiger partial charge in [-0.25, -0.2) is 0 Å². The van der Waals surface area contributed by atoms with E-state index >= 15 is 0 Å². The Kier molecular flexibility index (Phi) is 4.40. The Morgan fingerprint density at radius 3 is 2.85 bits per heavy atom. The summed E-state index contributed by atoms with van der Waals surface area (Å²) in [6, 6.07) is 5.80. The van der Waals surface area contributed by atoms with E-state index < -0.39 is 11.9 Å². The van der Waals surface area contributed by atoms with Crippen molar-refractivity contribution in [3.8, 4) is 0 Å². The molecule has 4 N–H and O–H groups in total. The number of carbonyl (C=O) groups is 2. The van der Waals surface area contributed by atoms with Crippen molar-refractivity contribution in [3.05, 3.63) is 41.6 Å². The second kappa shape index (κ2) is 6.62. The van der Waals surface area contributed by atoms with Crippen LogP contribution in [0.2, 0.25) is 0 Å². The summed E-state index contributed by atoms with van der Waals surface area (Å²) in [6.45, 7) is 4.32. The summed E-state index contributed by atoms with van der Waals surface area (Å²) >= 11 is 0. The largest absolute Gasteiger partial charge is 0.361 e. The number of imide groups is 1. The predicted molar refractivity (Wildman–Crippen MR) is 106 cm³/mol. The second-order valence-corrected chi connectivity index (χ2v) is 8.05. The smallest absolute Gasteiger partial charge is 0.243 e. The van der Waals surface area contributed by atoms with Gasteiger partial charge in [0.1, 0.15) is 0 Å². The van der Waals surface area contributed by atoms with Crippen LogP contribution in [0.3, 0.4) is 0 Å². The third-order valence-electron chi connectivity index (χ3n) is 5.87. The summed E-state index contributed by atoms with van der Waals surface area (Å²) in [5, 5.41) is 3.75. The molecule has 2 amide bonds. The van der Waals surface area contributed by atoms with Gasteiger partial charge in [0.15, 0.2) is 0 Å². The van der Waals surface area contributed by atoms with Gasteiger partial charge in [-0.05, 0) is 42.2 Å². The summed E-state index contributed by atoms with van der Waals surface area (Å²) < 4.78 is 0. The highest BCUT2D eigenvalue weighted by Crippen LogP contribution is 2.40. The molecule has 142 valence electrons. The summed E-state index contributed by atoms with van der Waals surface area (Å²) in [5.41, 5.74) is 10.6. The Morgan fingerprint density at radius 2 is 2.11 bits per heavy atom. The molecule has 2 aromatic rings. The zero-order valence-electron chi connectivity index (χ0n) is 16.0. The number of carbonyl (C=O) groups excluding carboxylic acids is 2. The summed E-state index contributed by atoms with van der Waals surface area (Å²) in [5.74, 6) is -1.07. The average Bonchev–Trinajstić information content (AvgIpc) is 3.06. The first-order valence-corrected chi connectivity index (χ1v) is 9.48. The number of hydrogen-bond donors (Lipinski definition) is 3. The van der Waals surface area contributed by atoms with E-state index in [1.165, 1.54) is 22.1 Å². The lowest BCUT2D eigenvalue weighted by Gasteiger charge is -2.39. The molecule has 0 fully saturated rings. The van der Waals surface area contributed by atoms with Gasteiger partial charge in [-0.2, -0.15) is 0 Å². The topological polar surface area (TPSA) is 91.2 Å².